The van der Waals surface area contributed by atoms with Gasteiger partial charge in [-0.15, -0.1) is 0 Å². The van der Waals surface area contributed by atoms with Crippen LogP contribution in [0.1, 0.15) is 24.0 Å². The van der Waals surface area contributed by atoms with Crippen LogP contribution in [0.3, 0.4) is 0 Å². The van der Waals surface area contributed by atoms with Gasteiger partial charge in [0.2, 0.25) is 16.0 Å². The molecule has 13 heteroatoms. The van der Waals surface area contributed by atoms with Gasteiger partial charge in [-0.2, -0.15) is 18.4 Å². The van der Waals surface area contributed by atoms with E-state index < -0.39 is 27.5 Å². The van der Waals surface area contributed by atoms with Crippen LogP contribution in [0.15, 0.2) is 43.0 Å². The summed E-state index contributed by atoms with van der Waals surface area (Å²) in [5, 5.41) is 12.3. The molecule has 1 saturated heterocycles. The summed E-state index contributed by atoms with van der Waals surface area (Å²) >= 11 is 0. The minimum atomic E-state index is -4.71. The van der Waals surface area contributed by atoms with Gasteiger partial charge in [0.25, 0.3) is 0 Å². The van der Waals surface area contributed by atoms with Gasteiger partial charge in [-0.05, 0) is 25.0 Å². The summed E-state index contributed by atoms with van der Waals surface area (Å²) in [6.45, 7) is 0.597. The van der Waals surface area contributed by atoms with Gasteiger partial charge >= 0.3 is 6.18 Å². The van der Waals surface area contributed by atoms with E-state index in [4.69, 9.17) is 0 Å². The predicted octanol–water partition coefficient (Wildman–Crippen LogP) is 3.06. The highest BCUT2D eigenvalue weighted by atomic mass is 32.2. The van der Waals surface area contributed by atoms with E-state index >= 15 is 0 Å². The van der Waals surface area contributed by atoms with Gasteiger partial charge in [-0.25, -0.2) is 27.7 Å². The van der Waals surface area contributed by atoms with Crippen molar-refractivity contribution < 1.29 is 21.6 Å². The summed E-state index contributed by atoms with van der Waals surface area (Å²) in [5.74, 6) is -0.00668. The van der Waals surface area contributed by atoms with Crippen LogP contribution >= 0.6 is 0 Å². The van der Waals surface area contributed by atoms with Gasteiger partial charge in [0, 0.05) is 31.5 Å². The number of hydrogen-bond acceptors (Lipinski definition) is 7. The zero-order chi connectivity index (χ0) is 24.5. The van der Waals surface area contributed by atoms with E-state index in [1.165, 1.54) is 21.4 Å². The quantitative estimate of drug-likeness (QED) is 0.583. The fraction of sp³-hybridized carbons (Fsp3) is 0.333. The van der Waals surface area contributed by atoms with E-state index in [0.717, 1.165) is 6.26 Å². The normalized spacial score (nSPS) is 15.7. The van der Waals surface area contributed by atoms with Crippen LogP contribution in [0.2, 0.25) is 0 Å². The molecule has 3 aromatic rings. The molecule has 1 N–H and O–H groups in total. The number of piperidine rings is 1. The van der Waals surface area contributed by atoms with Crippen molar-refractivity contribution in [2.24, 2.45) is 0 Å². The molecule has 2 aromatic heterocycles. The van der Waals surface area contributed by atoms with Gasteiger partial charge in [-0.1, -0.05) is 12.1 Å². The summed E-state index contributed by atoms with van der Waals surface area (Å²) in [7, 11) is -3.29. The number of benzene rings is 1. The maximum atomic E-state index is 13.7. The maximum Gasteiger partial charge on any atom is 0.420 e. The third kappa shape index (κ3) is 5.02. The second-order valence-electron chi connectivity index (χ2n) is 7.83. The van der Waals surface area contributed by atoms with Crippen LogP contribution in [0.5, 0.6) is 0 Å². The van der Waals surface area contributed by atoms with E-state index in [2.05, 4.69) is 20.3 Å². The fourth-order valence-corrected chi connectivity index (χ4v) is 4.61. The third-order valence-corrected chi connectivity index (χ3v) is 6.78. The zero-order valence-corrected chi connectivity index (χ0v) is 18.8. The first kappa shape index (κ1) is 23.7. The van der Waals surface area contributed by atoms with Crippen molar-refractivity contribution in [3.8, 4) is 23.1 Å². The van der Waals surface area contributed by atoms with Crippen LogP contribution in [-0.2, 0) is 16.2 Å². The lowest BCUT2D eigenvalue weighted by Gasteiger charge is -2.30. The Hall–Kier alpha value is -3.50. The Balaban J connectivity index is 1.63. The van der Waals surface area contributed by atoms with Crippen molar-refractivity contribution in [3.05, 3.63) is 54.1 Å². The highest BCUT2D eigenvalue weighted by molar-refractivity contribution is 7.88. The molecule has 0 aliphatic carbocycles. The Morgan fingerprint density at radius 1 is 1.18 bits per heavy atom. The molecule has 1 aliphatic heterocycles. The second-order valence-corrected chi connectivity index (χ2v) is 9.81. The molecule has 34 heavy (non-hydrogen) atoms. The SMILES string of the molecule is CS(=O)(=O)N1CCC(Nc2ncc(C(F)(F)F)c(-c3cn(-c4ccccc4C#N)cn3)n2)CC1. The highest BCUT2D eigenvalue weighted by Crippen LogP contribution is 2.36. The van der Waals surface area contributed by atoms with Crippen LogP contribution in [0, 0.1) is 11.3 Å². The zero-order valence-electron chi connectivity index (χ0n) is 18.0. The van der Waals surface area contributed by atoms with E-state index in [1.54, 1.807) is 24.3 Å². The first-order chi connectivity index (χ1) is 16.1. The lowest BCUT2D eigenvalue weighted by Crippen LogP contribution is -2.42. The smallest absolute Gasteiger partial charge is 0.351 e. The van der Waals surface area contributed by atoms with E-state index in [1.807, 2.05) is 6.07 Å². The van der Waals surface area contributed by atoms with Crippen molar-refractivity contribution >= 4 is 16.0 Å². The summed E-state index contributed by atoms with van der Waals surface area (Å²) in [5.41, 5.74) is -0.650. The number of nitrogens with zero attached hydrogens (tertiary/aromatic N) is 6. The van der Waals surface area contributed by atoms with Crippen molar-refractivity contribution in [1.82, 2.24) is 23.8 Å². The molecule has 1 aliphatic rings. The maximum absolute atomic E-state index is 13.7. The van der Waals surface area contributed by atoms with Crippen LogP contribution in [0.4, 0.5) is 19.1 Å². The molecule has 1 fully saturated rings. The topological polar surface area (TPSA) is 117 Å². The monoisotopic (exact) mass is 491 g/mol. The van der Waals surface area contributed by atoms with Gasteiger partial charge in [0.1, 0.15) is 29.3 Å². The molecule has 1 aromatic carbocycles. The molecular formula is C21H20F3N7O2S. The molecule has 0 saturated carbocycles. The number of nitriles is 1. The number of rotatable bonds is 5. The van der Waals surface area contributed by atoms with Gasteiger partial charge < -0.3 is 9.88 Å². The van der Waals surface area contributed by atoms with Gasteiger partial charge in [0.05, 0.1) is 17.5 Å². The average Bonchev–Trinajstić information content (AvgIpc) is 3.28. The fourth-order valence-electron chi connectivity index (χ4n) is 3.74. The van der Waals surface area contributed by atoms with Crippen LogP contribution in [0.25, 0.3) is 17.1 Å². The molecule has 0 unspecified atom stereocenters. The lowest BCUT2D eigenvalue weighted by molar-refractivity contribution is -0.137. The molecule has 0 radical (unpaired) electrons. The third-order valence-electron chi connectivity index (χ3n) is 5.48. The molecule has 0 atom stereocenters. The number of nitrogens with one attached hydrogen (secondary N) is 1. The summed E-state index contributed by atoms with van der Waals surface area (Å²) in [6, 6.07) is 8.49. The minimum absolute atomic E-state index is 0.00668. The molecule has 4 rings (SSSR count). The number of halogens is 3. The van der Waals surface area contributed by atoms with E-state index in [-0.39, 0.29) is 17.7 Å². The lowest BCUT2D eigenvalue weighted by atomic mass is 10.1. The number of sulfonamides is 1. The number of aromatic nitrogens is 4. The summed E-state index contributed by atoms with van der Waals surface area (Å²) < 4.78 is 67.2. The average molecular weight is 491 g/mol. The van der Waals surface area contributed by atoms with E-state index in [9.17, 15) is 26.9 Å². The number of imidazole rings is 1. The summed E-state index contributed by atoms with van der Waals surface area (Å²) in [6.07, 6.45) is 0.768. The Labute approximate surface area is 193 Å². The first-order valence-corrected chi connectivity index (χ1v) is 12.1. The van der Waals surface area contributed by atoms with Crippen molar-refractivity contribution in [2.45, 2.75) is 25.1 Å². The van der Waals surface area contributed by atoms with Gasteiger partial charge in [-0.3, -0.25) is 0 Å². The number of anilines is 1. The number of alkyl halides is 3. The second kappa shape index (κ2) is 9.03. The van der Waals surface area contributed by atoms with E-state index in [0.29, 0.717) is 43.4 Å². The molecule has 0 bridgehead atoms. The Morgan fingerprint density at radius 2 is 1.88 bits per heavy atom. The molecule has 0 amide bonds. The Kier molecular flexibility index (Phi) is 6.28. The van der Waals surface area contributed by atoms with Gasteiger partial charge in [0.15, 0.2) is 0 Å². The number of hydrogen-bond donors (Lipinski definition) is 1. The number of para-hydroxylation sites is 1. The van der Waals surface area contributed by atoms with Crippen molar-refractivity contribution in [2.75, 3.05) is 24.7 Å². The minimum Gasteiger partial charge on any atom is -0.351 e. The first-order valence-electron chi connectivity index (χ1n) is 10.3. The predicted molar refractivity (Wildman–Crippen MR) is 117 cm³/mol. The summed E-state index contributed by atoms with van der Waals surface area (Å²) in [4.78, 5) is 12.0. The molecule has 178 valence electrons. The molecule has 3 heterocycles. The van der Waals surface area contributed by atoms with Crippen LogP contribution < -0.4 is 5.32 Å². The Morgan fingerprint density at radius 3 is 2.53 bits per heavy atom. The van der Waals surface area contributed by atoms with Crippen molar-refractivity contribution in [1.29, 1.82) is 5.26 Å². The standard InChI is InChI=1S/C21H20F3N7O2S/c1-34(32,33)31-8-6-15(7-9-31)28-20-26-11-16(21(22,23)24)19(29-20)17-12-30(13-27-17)18-5-3-2-4-14(18)10-25/h2-5,11-13,15H,6-9H2,1H3,(H,26,28,29). The van der Waals surface area contributed by atoms with Crippen LogP contribution in [-0.4, -0.2) is 57.6 Å². The largest absolute Gasteiger partial charge is 0.420 e. The highest BCUT2D eigenvalue weighted by Gasteiger charge is 2.36. The molecular weight excluding hydrogens is 471 g/mol. The van der Waals surface area contributed by atoms with Crippen molar-refractivity contribution in [3.63, 3.8) is 0 Å². The molecule has 0 spiro atoms. The molecule has 9 nitrogen and oxygen atoms in total. The Bertz CT molecular complexity index is 1340.